The lowest BCUT2D eigenvalue weighted by Crippen LogP contribution is -2.34. The fourth-order valence-corrected chi connectivity index (χ4v) is 3.77. The molecule has 0 bridgehead atoms. The minimum atomic E-state index is -0.565. The molecule has 1 aliphatic rings. The maximum Gasteiger partial charge on any atom is 0.253 e. The molecule has 1 aromatic heterocycles. The molecule has 0 spiro atoms. The molecule has 2 N–H and O–H groups in total. The van der Waals surface area contributed by atoms with Crippen LogP contribution in [0.1, 0.15) is 58.8 Å². The van der Waals surface area contributed by atoms with Crippen LogP contribution in [-0.4, -0.2) is 21.7 Å². The highest BCUT2D eigenvalue weighted by atomic mass is 16.3. The van der Waals surface area contributed by atoms with Gasteiger partial charge in [-0.2, -0.15) is 0 Å². The number of hydrogen-bond donors (Lipinski definition) is 2. The number of benzene rings is 1. The van der Waals surface area contributed by atoms with E-state index in [9.17, 15) is 9.90 Å². The zero-order valence-electron chi connectivity index (χ0n) is 14.1. The number of hydrogen-bond acceptors (Lipinski definition) is 2. The number of fused-ring (bicyclic) bond motifs is 1. The molecule has 1 heterocycles. The van der Waals surface area contributed by atoms with Gasteiger partial charge >= 0.3 is 0 Å². The third kappa shape index (κ3) is 2.68. The summed E-state index contributed by atoms with van der Waals surface area (Å²) in [6.45, 7) is 8.21. The van der Waals surface area contributed by atoms with Gasteiger partial charge in [-0.25, -0.2) is 0 Å². The van der Waals surface area contributed by atoms with Crippen molar-refractivity contribution < 1.29 is 9.90 Å². The van der Waals surface area contributed by atoms with Crippen LogP contribution < -0.4 is 5.32 Å². The lowest BCUT2D eigenvalue weighted by Gasteiger charge is -2.18. The summed E-state index contributed by atoms with van der Waals surface area (Å²) in [7, 11) is 0. The second-order valence-corrected chi connectivity index (χ2v) is 6.67. The van der Waals surface area contributed by atoms with Crippen LogP contribution in [0.15, 0.2) is 30.3 Å². The predicted molar refractivity (Wildman–Crippen MR) is 90.7 cm³/mol. The summed E-state index contributed by atoms with van der Waals surface area (Å²) in [5.74, 6) is -0.120. The number of amides is 1. The molecule has 0 saturated carbocycles. The summed E-state index contributed by atoms with van der Waals surface area (Å²) in [6, 6.07) is 9.81. The van der Waals surface area contributed by atoms with E-state index in [1.54, 1.807) is 0 Å². The minimum Gasteiger partial charge on any atom is -0.390 e. The van der Waals surface area contributed by atoms with Gasteiger partial charge in [0, 0.05) is 23.9 Å². The van der Waals surface area contributed by atoms with E-state index in [-0.39, 0.29) is 11.9 Å². The van der Waals surface area contributed by atoms with Crippen LogP contribution in [0.5, 0.6) is 0 Å². The third-order valence-electron chi connectivity index (χ3n) is 4.74. The molecule has 1 amide bonds. The van der Waals surface area contributed by atoms with E-state index in [0.717, 1.165) is 22.5 Å². The normalized spacial score (nSPS) is 19.9. The van der Waals surface area contributed by atoms with Crippen molar-refractivity contribution >= 4 is 5.91 Å². The quantitative estimate of drug-likeness (QED) is 0.915. The topological polar surface area (TPSA) is 54.3 Å². The predicted octanol–water partition coefficient (Wildman–Crippen LogP) is 3.07. The second-order valence-electron chi connectivity index (χ2n) is 6.67. The van der Waals surface area contributed by atoms with Gasteiger partial charge in [-0.15, -0.1) is 0 Å². The largest absolute Gasteiger partial charge is 0.390 e. The van der Waals surface area contributed by atoms with Crippen LogP contribution in [0.4, 0.5) is 0 Å². The van der Waals surface area contributed by atoms with Gasteiger partial charge in [0.1, 0.15) is 0 Å². The summed E-state index contributed by atoms with van der Waals surface area (Å²) in [5, 5.41) is 13.3. The SMILES string of the molecule is Cc1cc(C(=O)N[C@H]2c3ccccc3C[C@H]2O)c(C)n1C(C)C. The molecule has 0 fully saturated rings. The van der Waals surface area contributed by atoms with E-state index in [2.05, 4.69) is 23.7 Å². The van der Waals surface area contributed by atoms with Crippen LogP contribution in [0.3, 0.4) is 0 Å². The Morgan fingerprint density at radius 2 is 2.00 bits per heavy atom. The first-order valence-corrected chi connectivity index (χ1v) is 8.15. The first-order valence-electron chi connectivity index (χ1n) is 8.15. The van der Waals surface area contributed by atoms with E-state index >= 15 is 0 Å². The Morgan fingerprint density at radius 1 is 1.30 bits per heavy atom. The van der Waals surface area contributed by atoms with Gasteiger partial charge in [-0.3, -0.25) is 4.79 Å². The standard InChI is InChI=1S/C19H24N2O2/c1-11(2)21-12(3)9-16(13(21)4)19(23)20-18-15-8-6-5-7-14(15)10-17(18)22/h5-9,11,17-18,22H,10H2,1-4H3,(H,20,23)/t17-,18+/m1/s1. The first-order chi connectivity index (χ1) is 10.9. The van der Waals surface area contributed by atoms with Crippen LogP contribution in [0.2, 0.25) is 0 Å². The fourth-order valence-electron chi connectivity index (χ4n) is 3.77. The highest BCUT2D eigenvalue weighted by Gasteiger charge is 2.32. The molecule has 23 heavy (non-hydrogen) atoms. The number of aromatic nitrogens is 1. The number of nitrogens with zero attached hydrogens (tertiary/aromatic N) is 1. The Hall–Kier alpha value is -2.07. The number of rotatable bonds is 3. The van der Waals surface area contributed by atoms with Crippen LogP contribution >= 0.6 is 0 Å². The number of nitrogens with one attached hydrogen (secondary N) is 1. The van der Waals surface area contributed by atoms with Crippen molar-refractivity contribution in [3.05, 3.63) is 58.4 Å². The van der Waals surface area contributed by atoms with E-state index in [0.29, 0.717) is 18.0 Å². The molecule has 1 aliphatic carbocycles. The molecule has 2 atom stereocenters. The smallest absolute Gasteiger partial charge is 0.253 e. The molecule has 2 aromatic rings. The summed E-state index contributed by atoms with van der Waals surface area (Å²) in [4.78, 5) is 12.7. The summed E-state index contributed by atoms with van der Waals surface area (Å²) < 4.78 is 2.16. The maximum atomic E-state index is 12.7. The molecule has 0 unspecified atom stereocenters. The molecule has 0 radical (unpaired) electrons. The van der Waals surface area contributed by atoms with Crippen LogP contribution in [0.25, 0.3) is 0 Å². The Bertz CT molecular complexity index is 746. The zero-order chi connectivity index (χ0) is 16.7. The first kappa shape index (κ1) is 15.8. The molecule has 1 aromatic carbocycles. The lowest BCUT2D eigenvalue weighted by molar-refractivity contribution is 0.0857. The van der Waals surface area contributed by atoms with Gasteiger partial charge in [0.05, 0.1) is 17.7 Å². The number of aliphatic hydroxyl groups is 1. The Balaban J connectivity index is 1.87. The van der Waals surface area contributed by atoms with Crippen molar-refractivity contribution in [1.29, 1.82) is 0 Å². The Labute approximate surface area is 137 Å². The second kappa shape index (κ2) is 5.85. The van der Waals surface area contributed by atoms with Crippen LogP contribution in [-0.2, 0) is 6.42 Å². The zero-order valence-corrected chi connectivity index (χ0v) is 14.1. The number of carbonyl (C=O) groups is 1. The van der Waals surface area contributed by atoms with Gasteiger partial charge in [-0.1, -0.05) is 24.3 Å². The summed E-state index contributed by atoms with van der Waals surface area (Å²) >= 11 is 0. The average Bonchev–Trinajstić information content (AvgIpc) is 2.96. The number of carbonyl (C=O) groups excluding carboxylic acids is 1. The average molecular weight is 312 g/mol. The Kier molecular flexibility index (Phi) is 4.02. The highest BCUT2D eigenvalue weighted by molar-refractivity contribution is 5.96. The van der Waals surface area contributed by atoms with Gasteiger partial charge < -0.3 is 15.0 Å². The summed E-state index contributed by atoms with van der Waals surface area (Å²) in [5.41, 5.74) is 4.86. The van der Waals surface area contributed by atoms with Crippen molar-refractivity contribution in [2.75, 3.05) is 0 Å². The van der Waals surface area contributed by atoms with Gasteiger partial charge in [0.15, 0.2) is 0 Å². The molecule has 0 aliphatic heterocycles. The van der Waals surface area contributed by atoms with E-state index in [4.69, 9.17) is 0 Å². The molecular formula is C19H24N2O2. The molecule has 4 heteroatoms. The van der Waals surface area contributed by atoms with E-state index in [1.165, 1.54) is 0 Å². The highest BCUT2D eigenvalue weighted by Crippen LogP contribution is 2.32. The molecular weight excluding hydrogens is 288 g/mol. The minimum absolute atomic E-state index is 0.120. The maximum absolute atomic E-state index is 12.7. The van der Waals surface area contributed by atoms with Crippen molar-refractivity contribution in [3.8, 4) is 0 Å². The number of aliphatic hydroxyl groups excluding tert-OH is 1. The molecule has 4 nitrogen and oxygen atoms in total. The lowest BCUT2D eigenvalue weighted by atomic mass is 10.1. The van der Waals surface area contributed by atoms with Crippen molar-refractivity contribution in [2.45, 2.75) is 52.3 Å². The monoisotopic (exact) mass is 312 g/mol. The summed E-state index contributed by atoms with van der Waals surface area (Å²) in [6.07, 6.45) is 0.0245. The molecule has 3 rings (SSSR count). The van der Waals surface area contributed by atoms with Crippen LogP contribution in [0, 0.1) is 13.8 Å². The Morgan fingerprint density at radius 3 is 2.65 bits per heavy atom. The van der Waals surface area contributed by atoms with Gasteiger partial charge in [0.25, 0.3) is 5.91 Å². The van der Waals surface area contributed by atoms with E-state index in [1.807, 2.05) is 44.2 Å². The van der Waals surface area contributed by atoms with Crippen molar-refractivity contribution in [1.82, 2.24) is 9.88 Å². The molecule has 122 valence electrons. The fraction of sp³-hybridized carbons (Fsp3) is 0.421. The van der Waals surface area contributed by atoms with Crippen molar-refractivity contribution in [2.24, 2.45) is 0 Å². The number of aryl methyl sites for hydroxylation is 1. The van der Waals surface area contributed by atoms with E-state index < -0.39 is 6.10 Å². The third-order valence-corrected chi connectivity index (χ3v) is 4.74. The van der Waals surface area contributed by atoms with Gasteiger partial charge in [-0.05, 0) is 44.9 Å². The molecule has 0 saturated heterocycles. The van der Waals surface area contributed by atoms with Gasteiger partial charge in [0.2, 0.25) is 0 Å². The van der Waals surface area contributed by atoms with Crippen molar-refractivity contribution in [3.63, 3.8) is 0 Å².